The van der Waals surface area contributed by atoms with Crippen molar-refractivity contribution in [2.45, 2.75) is 32.2 Å². The normalized spacial score (nSPS) is 17.7. The van der Waals surface area contributed by atoms with E-state index in [1.54, 1.807) is 12.5 Å². The minimum Gasteiger partial charge on any atom is -0.352 e. The van der Waals surface area contributed by atoms with Gasteiger partial charge in [-0.3, -0.25) is 4.79 Å². The predicted molar refractivity (Wildman–Crippen MR) is 106 cm³/mol. The second kappa shape index (κ2) is 8.46. The fraction of sp³-hybridized carbons (Fsp3) is 0.476. The van der Waals surface area contributed by atoms with Crippen molar-refractivity contribution in [2.75, 3.05) is 26.2 Å². The Morgan fingerprint density at radius 1 is 1.00 bits per heavy atom. The Balaban J connectivity index is 1.23. The summed E-state index contributed by atoms with van der Waals surface area (Å²) in [5, 5.41) is 3.05. The third-order valence-corrected chi connectivity index (χ3v) is 5.72. The summed E-state index contributed by atoms with van der Waals surface area (Å²) >= 11 is 0. The van der Waals surface area contributed by atoms with Crippen LogP contribution in [-0.4, -0.2) is 57.5 Å². The van der Waals surface area contributed by atoms with Gasteiger partial charge in [-0.2, -0.15) is 0 Å². The number of nitrogens with one attached hydrogen (secondary N) is 1. The Hall–Kier alpha value is -2.83. The average Bonchev–Trinajstić information content (AvgIpc) is 3.46. The van der Waals surface area contributed by atoms with Crippen LogP contribution in [0.25, 0.3) is 5.69 Å². The van der Waals surface area contributed by atoms with Crippen molar-refractivity contribution in [3.8, 4) is 5.69 Å². The van der Waals surface area contributed by atoms with Gasteiger partial charge in [-0.15, -0.1) is 0 Å². The Bertz CT molecular complexity index is 789. The van der Waals surface area contributed by atoms with Gasteiger partial charge in [-0.05, 0) is 43.4 Å². The Labute approximate surface area is 165 Å². The van der Waals surface area contributed by atoms with Crippen LogP contribution in [0.2, 0.25) is 0 Å². The van der Waals surface area contributed by atoms with Gasteiger partial charge in [0.1, 0.15) is 0 Å². The van der Waals surface area contributed by atoms with E-state index in [0.717, 1.165) is 50.0 Å². The summed E-state index contributed by atoms with van der Waals surface area (Å²) in [6.45, 7) is 3.62. The molecule has 28 heavy (non-hydrogen) atoms. The lowest BCUT2D eigenvalue weighted by Crippen LogP contribution is -2.47. The number of likely N-dealkylation sites (tertiary alicyclic amines) is 2. The molecule has 0 aliphatic carbocycles. The highest BCUT2D eigenvalue weighted by molar-refractivity contribution is 5.79. The summed E-state index contributed by atoms with van der Waals surface area (Å²) in [5.41, 5.74) is 2.11. The Morgan fingerprint density at radius 2 is 1.68 bits per heavy atom. The number of imidazole rings is 1. The van der Waals surface area contributed by atoms with Gasteiger partial charge in [0.25, 0.3) is 0 Å². The summed E-state index contributed by atoms with van der Waals surface area (Å²) in [4.78, 5) is 32.9. The number of nitrogens with zero attached hydrogens (tertiary/aromatic N) is 4. The number of rotatable bonds is 4. The number of amides is 3. The van der Waals surface area contributed by atoms with Crippen LogP contribution in [0.3, 0.4) is 0 Å². The second-order valence-electron chi connectivity index (χ2n) is 7.59. The van der Waals surface area contributed by atoms with E-state index in [0.29, 0.717) is 19.6 Å². The molecule has 148 valence electrons. The number of piperidine rings is 1. The maximum atomic E-state index is 12.5. The summed E-state index contributed by atoms with van der Waals surface area (Å²) < 4.78 is 1.94. The molecule has 1 N–H and O–H groups in total. The van der Waals surface area contributed by atoms with Crippen LogP contribution in [0.1, 0.15) is 31.2 Å². The van der Waals surface area contributed by atoms with Crippen molar-refractivity contribution < 1.29 is 9.59 Å². The Morgan fingerprint density at radius 3 is 2.32 bits per heavy atom. The van der Waals surface area contributed by atoms with Crippen LogP contribution in [-0.2, 0) is 11.3 Å². The molecule has 0 atom stereocenters. The number of urea groups is 1. The molecule has 7 nitrogen and oxygen atoms in total. The number of carbonyl (C=O) groups is 2. The first-order valence-corrected chi connectivity index (χ1v) is 10.1. The summed E-state index contributed by atoms with van der Waals surface area (Å²) in [6, 6.07) is 8.23. The highest BCUT2D eigenvalue weighted by atomic mass is 16.2. The van der Waals surface area contributed by atoms with E-state index >= 15 is 0 Å². The number of benzene rings is 1. The van der Waals surface area contributed by atoms with Crippen LogP contribution in [0.15, 0.2) is 43.0 Å². The largest absolute Gasteiger partial charge is 0.352 e. The fourth-order valence-electron chi connectivity index (χ4n) is 3.97. The number of hydrogen-bond donors (Lipinski definition) is 1. The third-order valence-electron chi connectivity index (χ3n) is 5.72. The topological polar surface area (TPSA) is 70.5 Å². The molecule has 0 unspecified atom stereocenters. The van der Waals surface area contributed by atoms with E-state index in [9.17, 15) is 9.59 Å². The number of aromatic nitrogens is 2. The summed E-state index contributed by atoms with van der Waals surface area (Å²) in [7, 11) is 0. The van der Waals surface area contributed by atoms with Gasteiger partial charge in [-0.25, -0.2) is 9.78 Å². The monoisotopic (exact) mass is 381 g/mol. The van der Waals surface area contributed by atoms with Crippen molar-refractivity contribution in [1.82, 2.24) is 24.7 Å². The Kier molecular flexibility index (Phi) is 5.60. The maximum Gasteiger partial charge on any atom is 0.319 e. The zero-order chi connectivity index (χ0) is 19.3. The minimum absolute atomic E-state index is 0.00662. The van der Waals surface area contributed by atoms with Gasteiger partial charge in [0, 0.05) is 56.7 Å². The summed E-state index contributed by atoms with van der Waals surface area (Å²) in [5.74, 6) is 0.0832. The fourth-order valence-corrected chi connectivity index (χ4v) is 3.97. The molecule has 2 aliphatic heterocycles. The molecular formula is C21H27N5O2. The number of carbonyl (C=O) groups excluding carboxylic acids is 2. The molecule has 3 heterocycles. The van der Waals surface area contributed by atoms with Gasteiger partial charge in [-0.1, -0.05) is 12.1 Å². The lowest BCUT2D eigenvalue weighted by atomic mass is 9.96. The third kappa shape index (κ3) is 4.18. The van der Waals surface area contributed by atoms with Crippen LogP contribution < -0.4 is 5.32 Å². The smallest absolute Gasteiger partial charge is 0.319 e. The lowest BCUT2D eigenvalue weighted by Gasteiger charge is -2.34. The maximum absolute atomic E-state index is 12.5. The quantitative estimate of drug-likeness (QED) is 0.884. The van der Waals surface area contributed by atoms with Crippen molar-refractivity contribution in [1.29, 1.82) is 0 Å². The van der Waals surface area contributed by atoms with Crippen LogP contribution in [0, 0.1) is 5.92 Å². The lowest BCUT2D eigenvalue weighted by molar-refractivity contribution is -0.126. The van der Waals surface area contributed by atoms with Gasteiger partial charge in [0.2, 0.25) is 5.91 Å². The van der Waals surface area contributed by atoms with E-state index in [-0.39, 0.29) is 17.9 Å². The molecule has 0 bridgehead atoms. The van der Waals surface area contributed by atoms with Gasteiger partial charge in [0.15, 0.2) is 0 Å². The van der Waals surface area contributed by atoms with Crippen LogP contribution in [0.5, 0.6) is 0 Å². The molecule has 4 rings (SSSR count). The molecule has 2 saturated heterocycles. The predicted octanol–water partition coefficient (Wildman–Crippen LogP) is 2.42. The van der Waals surface area contributed by atoms with E-state index in [2.05, 4.69) is 10.3 Å². The zero-order valence-corrected chi connectivity index (χ0v) is 16.1. The number of hydrogen-bond acceptors (Lipinski definition) is 3. The van der Waals surface area contributed by atoms with E-state index in [1.807, 2.05) is 44.8 Å². The van der Waals surface area contributed by atoms with Crippen molar-refractivity contribution in [3.63, 3.8) is 0 Å². The minimum atomic E-state index is -0.00662. The van der Waals surface area contributed by atoms with Crippen molar-refractivity contribution >= 4 is 11.9 Å². The van der Waals surface area contributed by atoms with Crippen molar-refractivity contribution in [3.05, 3.63) is 48.5 Å². The average molecular weight is 381 g/mol. The summed E-state index contributed by atoms with van der Waals surface area (Å²) in [6.07, 6.45) is 9.10. The highest BCUT2D eigenvalue weighted by Gasteiger charge is 2.30. The first-order chi connectivity index (χ1) is 13.7. The van der Waals surface area contributed by atoms with Gasteiger partial charge < -0.3 is 19.7 Å². The molecule has 0 spiro atoms. The molecule has 1 aromatic heterocycles. The molecule has 2 aliphatic rings. The molecule has 2 fully saturated rings. The molecule has 3 amide bonds. The van der Waals surface area contributed by atoms with Crippen molar-refractivity contribution in [2.24, 2.45) is 5.92 Å². The molecule has 0 radical (unpaired) electrons. The first kappa shape index (κ1) is 18.5. The first-order valence-electron chi connectivity index (χ1n) is 10.1. The molecule has 0 saturated carbocycles. The second-order valence-corrected chi connectivity index (χ2v) is 7.59. The van der Waals surface area contributed by atoms with Crippen LogP contribution in [0.4, 0.5) is 4.79 Å². The van der Waals surface area contributed by atoms with E-state index < -0.39 is 0 Å². The molecule has 1 aromatic carbocycles. The van der Waals surface area contributed by atoms with E-state index in [1.165, 1.54) is 0 Å². The van der Waals surface area contributed by atoms with Gasteiger partial charge in [0.05, 0.1) is 6.33 Å². The highest BCUT2D eigenvalue weighted by Crippen LogP contribution is 2.20. The molecule has 7 heteroatoms. The molecule has 2 aromatic rings. The molecular weight excluding hydrogens is 354 g/mol. The zero-order valence-electron chi connectivity index (χ0n) is 16.1. The van der Waals surface area contributed by atoms with Crippen LogP contribution >= 0.6 is 0 Å². The van der Waals surface area contributed by atoms with E-state index in [4.69, 9.17) is 0 Å². The standard InChI is InChI=1S/C21H27N5O2/c27-20(18-7-12-25(13-8-18)21(28)24-10-1-2-11-24)23-15-17-3-5-19(6-4-17)26-14-9-22-16-26/h3-6,9,14,16,18H,1-2,7-8,10-13,15H2,(H,23,27). The SMILES string of the molecule is O=C(NCc1ccc(-n2ccnc2)cc1)C1CCN(C(=O)N2CCCC2)CC1. The van der Waals surface area contributed by atoms with Gasteiger partial charge >= 0.3 is 6.03 Å².